The smallest absolute Gasteiger partial charge is 0.410 e. The molecule has 2 bridgehead atoms. The molecule has 5 heteroatoms. The summed E-state index contributed by atoms with van der Waals surface area (Å²) in [5.74, 6) is 0.169. The maximum absolute atomic E-state index is 12.1. The summed E-state index contributed by atoms with van der Waals surface area (Å²) in [5, 5.41) is 0.486. The Morgan fingerprint density at radius 1 is 1.45 bits per heavy atom. The summed E-state index contributed by atoms with van der Waals surface area (Å²) in [6.45, 7) is 2.24. The Morgan fingerprint density at radius 3 is 3.00 bits per heavy atom. The van der Waals surface area contributed by atoms with Crippen molar-refractivity contribution in [3.8, 4) is 0 Å². The molecule has 0 aliphatic carbocycles. The molecule has 3 atom stereocenters. The first-order chi connectivity index (χ1) is 9.70. The SMILES string of the molecule is CCOC(=O)N1C2C=CC(c3ccc(Cl)nc3)C1CC2. The van der Waals surface area contributed by atoms with E-state index in [0.29, 0.717) is 11.8 Å². The number of nitrogens with zero attached hydrogens (tertiary/aromatic N) is 2. The molecule has 3 heterocycles. The lowest BCUT2D eigenvalue weighted by atomic mass is 9.90. The van der Waals surface area contributed by atoms with Crippen LogP contribution in [0.15, 0.2) is 30.5 Å². The van der Waals surface area contributed by atoms with E-state index in [1.165, 1.54) is 0 Å². The van der Waals surface area contributed by atoms with Gasteiger partial charge in [-0.05, 0) is 31.4 Å². The third-order valence-corrected chi connectivity index (χ3v) is 4.27. The van der Waals surface area contributed by atoms with Gasteiger partial charge in [-0.1, -0.05) is 29.8 Å². The summed E-state index contributed by atoms with van der Waals surface area (Å²) in [5.41, 5.74) is 1.09. The van der Waals surface area contributed by atoms with Gasteiger partial charge in [0.1, 0.15) is 5.15 Å². The van der Waals surface area contributed by atoms with E-state index in [4.69, 9.17) is 16.3 Å². The van der Waals surface area contributed by atoms with Gasteiger partial charge in [0.2, 0.25) is 0 Å². The molecule has 1 amide bonds. The van der Waals surface area contributed by atoms with Gasteiger partial charge >= 0.3 is 6.09 Å². The maximum Gasteiger partial charge on any atom is 0.410 e. The Balaban J connectivity index is 1.87. The lowest BCUT2D eigenvalue weighted by Crippen LogP contribution is -2.45. The van der Waals surface area contributed by atoms with Crippen LogP contribution in [0.25, 0.3) is 0 Å². The summed E-state index contributed by atoms with van der Waals surface area (Å²) < 4.78 is 5.18. The summed E-state index contributed by atoms with van der Waals surface area (Å²) in [6.07, 6.45) is 7.86. The third kappa shape index (κ3) is 2.29. The summed E-state index contributed by atoms with van der Waals surface area (Å²) in [7, 11) is 0. The van der Waals surface area contributed by atoms with Crippen molar-refractivity contribution in [3.05, 3.63) is 41.2 Å². The first-order valence-electron chi connectivity index (χ1n) is 6.95. The zero-order valence-corrected chi connectivity index (χ0v) is 12.1. The normalized spacial score (nSPS) is 27.7. The predicted octanol–water partition coefficient (Wildman–Crippen LogP) is 3.38. The van der Waals surface area contributed by atoms with E-state index < -0.39 is 0 Å². The van der Waals surface area contributed by atoms with Gasteiger partial charge in [0.25, 0.3) is 0 Å². The minimum Gasteiger partial charge on any atom is -0.450 e. The number of pyridine rings is 1. The van der Waals surface area contributed by atoms with E-state index >= 15 is 0 Å². The highest BCUT2D eigenvalue weighted by molar-refractivity contribution is 6.29. The van der Waals surface area contributed by atoms with Crippen molar-refractivity contribution in [1.82, 2.24) is 9.88 Å². The number of fused-ring (bicyclic) bond motifs is 2. The highest BCUT2D eigenvalue weighted by atomic mass is 35.5. The first-order valence-corrected chi connectivity index (χ1v) is 7.33. The van der Waals surface area contributed by atoms with Crippen LogP contribution in [0.4, 0.5) is 4.79 Å². The Hall–Kier alpha value is -1.55. The van der Waals surface area contributed by atoms with Crippen LogP contribution < -0.4 is 0 Å². The molecule has 4 nitrogen and oxygen atoms in total. The molecule has 2 aliphatic rings. The molecule has 0 spiro atoms. The number of amides is 1. The summed E-state index contributed by atoms with van der Waals surface area (Å²) in [6, 6.07) is 4.11. The molecule has 1 fully saturated rings. The molecular weight excluding hydrogens is 276 g/mol. The van der Waals surface area contributed by atoms with Gasteiger partial charge in [0.05, 0.1) is 12.6 Å². The molecule has 0 N–H and O–H groups in total. The standard InChI is InChI=1S/C15H17ClN2O2/c1-2-20-15(19)18-11-4-6-12(13(18)7-5-11)10-3-8-14(16)17-9-10/h3-4,6,8-9,11-13H,2,5,7H2,1H3. The van der Waals surface area contributed by atoms with Crippen molar-refractivity contribution in [2.45, 2.75) is 37.8 Å². The van der Waals surface area contributed by atoms with Crippen LogP contribution in [0.5, 0.6) is 0 Å². The molecule has 3 unspecified atom stereocenters. The second-order valence-corrected chi connectivity index (χ2v) is 5.53. The fourth-order valence-electron chi connectivity index (χ4n) is 3.17. The van der Waals surface area contributed by atoms with Crippen LogP contribution >= 0.6 is 11.6 Å². The Morgan fingerprint density at radius 2 is 2.30 bits per heavy atom. The number of ether oxygens (including phenoxy) is 1. The lowest BCUT2D eigenvalue weighted by Gasteiger charge is -2.35. The van der Waals surface area contributed by atoms with Gasteiger partial charge in [0.15, 0.2) is 0 Å². The Bertz CT molecular complexity index is 529. The molecule has 1 saturated heterocycles. The van der Waals surface area contributed by atoms with Crippen LogP contribution in [-0.4, -0.2) is 34.7 Å². The number of aromatic nitrogens is 1. The van der Waals surface area contributed by atoms with Crippen molar-refractivity contribution < 1.29 is 9.53 Å². The molecule has 1 aromatic heterocycles. The molecule has 3 rings (SSSR count). The molecule has 0 aromatic carbocycles. The largest absolute Gasteiger partial charge is 0.450 e. The second kappa shape index (κ2) is 5.44. The molecule has 0 radical (unpaired) electrons. The number of carbonyl (C=O) groups is 1. The van der Waals surface area contributed by atoms with Crippen LogP contribution in [0.3, 0.4) is 0 Å². The van der Waals surface area contributed by atoms with Crippen LogP contribution in [-0.2, 0) is 4.74 Å². The van der Waals surface area contributed by atoms with E-state index in [9.17, 15) is 4.79 Å². The van der Waals surface area contributed by atoms with Crippen LogP contribution in [0.1, 0.15) is 31.2 Å². The number of hydrogen-bond donors (Lipinski definition) is 0. The fourth-order valence-corrected chi connectivity index (χ4v) is 3.28. The first kappa shape index (κ1) is 13.4. The Labute approximate surface area is 123 Å². The van der Waals surface area contributed by atoms with E-state index in [2.05, 4.69) is 17.1 Å². The van der Waals surface area contributed by atoms with Gasteiger partial charge < -0.3 is 4.74 Å². The highest BCUT2D eigenvalue weighted by Gasteiger charge is 2.43. The van der Waals surface area contributed by atoms with Gasteiger partial charge in [-0.15, -0.1) is 0 Å². The monoisotopic (exact) mass is 292 g/mol. The van der Waals surface area contributed by atoms with Crippen LogP contribution in [0, 0.1) is 0 Å². The summed E-state index contributed by atoms with van der Waals surface area (Å²) in [4.78, 5) is 18.1. The van der Waals surface area contributed by atoms with Gasteiger partial charge in [-0.25, -0.2) is 9.78 Å². The van der Waals surface area contributed by atoms with E-state index in [1.54, 1.807) is 12.3 Å². The quantitative estimate of drug-likeness (QED) is 0.620. The van der Waals surface area contributed by atoms with Gasteiger partial charge in [-0.2, -0.15) is 0 Å². The average Bonchev–Trinajstić information content (AvgIpc) is 2.75. The van der Waals surface area contributed by atoms with E-state index in [0.717, 1.165) is 18.4 Å². The van der Waals surface area contributed by atoms with Crippen LogP contribution in [0.2, 0.25) is 5.15 Å². The molecular formula is C15H17ClN2O2. The van der Waals surface area contributed by atoms with Crippen molar-refractivity contribution in [2.24, 2.45) is 0 Å². The average molecular weight is 293 g/mol. The highest BCUT2D eigenvalue weighted by Crippen LogP contribution is 2.40. The van der Waals surface area contributed by atoms with E-state index in [1.807, 2.05) is 17.9 Å². The minimum atomic E-state index is -0.212. The van der Waals surface area contributed by atoms with E-state index in [-0.39, 0.29) is 24.1 Å². The number of hydrogen-bond acceptors (Lipinski definition) is 3. The zero-order chi connectivity index (χ0) is 14.1. The molecule has 2 aliphatic heterocycles. The number of rotatable bonds is 2. The van der Waals surface area contributed by atoms with Gasteiger partial charge in [-0.3, -0.25) is 4.90 Å². The molecule has 1 aromatic rings. The molecule has 20 heavy (non-hydrogen) atoms. The minimum absolute atomic E-state index is 0.159. The topological polar surface area (TPSA) is 42.4 Å². The number of halogens is 1. The molecule has 0 saturated carbocycles. The zero-order valence-electron chi connectivity index (χ0n) is 11.3. The Kier molecular flexibility index (Phi) is 3.66. The molecule has 106 valence electrons. The second-order valence-electron chi connectivity index (χ2n) is 5.14. The summed E-state index contributed by atoms with van der Waals surface area (Å²) >= 11 is 5.84. The van der Waals surface area contributed by atoms with Crippen molar-refractivity contribution in [2.75, 3.05) is 6.61 Å². The predicted molar refractivity (Wildman–Crippen MR) is 76.8 cm³/mol. The van der Waals surface area contributed by atoms with Crippen molar-refractivity contribution in [1.29, 1.82) is 0 Å². The lowest BCUT2D eigenvalue weighted by molar-refractivity contribution is 0.0892. The number of carbonyl (C=O) groups excluding carboxylic acids is 1. The third-order valence-electron chi connectivity index (χ3n) is 4.04. The fraction of sp³-hybridized carbons (Fsp3) is 0.467. The van der Waals surface area contributed by atoms with Gasteiger partial charge in [0, 0.05) is 18.2 Å². The van der Waals surface area contributed by atoms with Crippen molar-refractivity contribution in [3.63, 3.8) is 0 Å². The maximum atomic E-state index is 12.1. The van der Waals surface area contributed by atoms with Crippen molar-refractivity contribution >= 4 is 17.7 Å².